The maximum absolute atomic E-state index is 12.1. The van der Waals surface area contributed by atoms with Crippen molar-refractivity contribution in [3.05, 3.63) is 0 Å². The lowest BCUT2D eigenvalue weighted by molar-refractivity contribution is -0.127. The van der Waals surface area contributed by atoms with Crippen LogP contribution in [0.5, 0.6) is 0 Å². The van der Waals surface area contributed by atoms with E-state index in [9.17, 15) is 19.2 Å². The quantitative estimate of drug-likeness (QED) is 0.390. The van der Waals surface area contributed by atoms with E-state index < -0.39 is 0 Å². The largest absolute Gasteiger partial charge is 0.356 e. The van der Waals surface area contributed by atoms with Gasteiger partial charge in [0.25, 0.3) is 0 Å². The zero-order chi connectivity index (χ0) is 22.5. The second-order valence-corrected chi connectivity index (χ2v) is 9.18. The van der Waals surface area contributed by atoms with Gasteiger partial charge in [0.05, 0.1) is 0 Å². The number of ketones is 1. The molecule has 178 valence electrons. The monoisotopic (exact) mass is 429 g/mol. The Bertz CT molecular complexity index is 581. The molecule has 0 heterocycles. The highest BCUT2D eigenvalue weighted by Gasteiger charge is 2.28. The van der Waals surface area contributed by atoms with Gasteiger partial charge < -0.3 is 16.0 Å². The van der Waals surface area contributed by atoms with Crippen molar-refractivity contribution in [2.24, 2.45) is 17.8 Å². The Balaban J connectivity index is -0.00000300. The number of Topliss-reactive ketones (excluding diaryl/α,β-unsaturated/α-hetero) is 1. The first-order chi connectivity index (χ1) is 14.2. The van der Waals surface area contributed by atoms with Gasteiger partial charge in [-0.2, -0.15) is 0 Å². The minimum Gasteiger partial charge on any atom is -0.356 e. The summed E-state index contributed by atoms with van der Waals surface area (Å²) < 4.78 is 0. The molecule has 1 fully saturated rings. The van der Waals surface area contributed by atoms with Crippen LogP contribution in [-0.2, 0) is 19.2 Å². The molecule has 3 N–H and O–H groups in total. The highest BCUT2D eigenvalue weighted by Crippen LogP contribution is 2.27. The predicted molar refractivity (Wildman–Crippen MR) is 124 cm³/mol. The van der Waals surface area contributed by atoms with Crippen LogP contribution in [0.15, 0.2) is 0 Å². The molecule has 0 atom stereocenters. The second kappa shape index (κ2) is 14.1. The molecule has 7 nitrogen and oxygen atoms in total. The smallest absolute Gasteiger partial charge is 0.220 e. The topological polar surface area (TPSA) is 104 Å². The van der Waals surface area contributed by atoms with Crippen LogP contribution in [0.2, 0.25) is 0 Å². The van der Waals surface area contributed by atoms with Gasteiger partial charge in [-0.25, -0.2) is 0 Å². The number of hydrogen-bond acceptors (Lipinski definition) is 4. The van der Waals surface area contributed by atoms with Gasteiger partial charge in [-0.15, -0.1) is 0 Å². The third-order valence-electron chi connectivity index (χ3n) is 5.48. The molecule has 1 aliphatic rings. The molecule has 0 aliphatic heterocycles. The Labute approximate surface area is 186 Å². The van der Waals surface area contributed by atoms with E-state index in [1.54, 1.807) is 0 Å². The fraction of sp³-hybridized carbons (Fsp3) is 0.826. The molecule has 0 unspecified atom stereocenters. The summed E-state index contributed by atoms with van der Waals surface area (Å²) in [5.41, 5.74) is 0. The first-order valence-corrected chi connectivity index (χ1v) is 11.6. The maximum Gasteiger partial charge on any atom is 0.220 e. The van der Waals surface area contributed by atoms with Crippen LogP contribution >= 0.6 is 0 Å². The summed E-state index contributed by atoms with van der Waals surface area (Å²) in [6.45, 7) is 9.11. The molecule has 1 rings (SSSR count). The molecule has 0 aromatic rings. The van der Waals surface area contributed by atoms with Crippen molar-refractivity contribution in [2.45, 2.75) is 91.5 Å². The van der Waals surface area contributed by atoms with Gasteiger partial charge >= 0.3 is 0 Å². The van der Waals surface area contributed by atoms with Gasteiger partial charge in [0.15, 0.2) is 0 Å². The minimum absolute atomic E-state index is 0. The molecule has 0 aromatic heterocycles. The molecule has 0 spiro atoms. The van der Waals surface area contributed by atoms with E-state index in [4.69, 9.17) is 0 Å². The molecule has 1 aliphatic carbocycles. The standard InChI is InChI=1S/C23H41N3O4.3H2/c1-16(2)15-25-21(28)9-6-14-24-20(27)7-5-8-22(29)26-19-12-10-18(11-13-19)23(30)17(3)4;;;/h16-19H,5-15H2,1-4H3,(H,24,27)(H,25,28)(H,26,29);3*1H. The van der Waals surface area contributed by atoms with Crippen molar-refractivity contribution >= 4 is 23.5 Å². The van der Waals surface area contributed by atoms with Gasteiger partial charge in [-0.3, -0.25) is 19.2 Å². The Morgan fingerprint density at radius 3 is 1.97 bits per heavy atom. The van der Waals surface area contributed by atoms with Crippen molar-refractivity contribution in [1.29, 1.82) is 0 Å². The van der Waals surface area contributed by atoms with Crippen LogP contribution < -0.4 is 16.0 Å². The van der Waals surface area contributed by atoms with Crippen LogP contribution in [-0.4, -0.2) is 42.6 Å². The molecule has 0 saturated heterocycles. The summed E-state index contributed by atoms with van der Waals surface area (Å²) in [5, 5.41) is 8.69. The first-order valence-electron chi connectivity index (χ1n) is 11.6. The number of carbonyl (C=O) groups excluding carboxylic acids is 4. The van der Waals surface area contributed by atoms with Crippen molar-refractivity contribution in [3.63, 3.8) is 0 Å². The second-order valence-electron chi connectivity index (χ2n) is 9.18. The lowest BCUT2D eigenvalue weighted by atomic mass is 9.80. The molecule has 3 amide bonds. The van der Waals surface area contributed by atoms with E-state index in [0.717, 1.165) is 25.7 Å². The molecular formula is C23H47N3O4. The van der Waals surface area contributed by atoms with Crippen molar-refractivity contribution in [1.82, 2.24) is 16.0 Å². The third-order valence-corrected chi connectivity index (χ3v) is 5.48. The molecule has 1 saturated carbocycles. The normalized spacial score (nSPS) is 18.9. The Hall–Kier alpha value is -1.92. The predicted octanol–water partition coefficient (Wildman–Crippen LogP) is 3.46. The molecule has 30 heavy (non-hydrogen) atoms. The van der Waals surface area contributed by atoms with Gasteiger partial charge in [-0.1, -0.05) is 27.7 Å². The van der Waals surface area contributed by atoms with E-state index in [-0.39, 0.29) is 39.9 Å². The van der Waals surface area contributed by atoms with Gasteiger partial charge in [0.2, 0.25) is 17.7 Å². The van der Waals surface area contributed by atoms with E-state index in [0.29, 0.717) is 56.9 Å². The Morgan fingerprint density at radius 2 is 1.37 bits per heavy atom. The Kier molecular flexibility index (Phi) is 12.3. The lowest BCUT2D eigenvalue weighted by Crippen LogP contribution is -2.39. The first kappa shape index (κ1) is 26.1. The zero-order valence-electron chi connectivity index (χ0n) is 19.2. The fourth-order valence-electron chi connectivity index (χ4n) is 3.67. The summed E-state index contributed by atoms with van der Waals surface area (Å²) in [5.74, 6) is 0.882. The highest BCUT2D eigenvalue weighted by atomic mass is 16.2. The summed E-state index contributed by atoms with van der Waals surface area (Å²) in [4.78, 5) is 47.6. The summed E-state index contributed by atoms with van der Waals surface area (Å²) in [6, 6.07) is 0.143. The Morgan fingerprint density at radius 1 is 0.800 bits per heavy atom. The van der Waals surface area contributed by atoms with Crippen LogP contribution in [0, 0.1) is 17.8 Å². The third kappa shape index (κ3) is 11.3. The molecule has 0 radical (unpaired) electrons. The number of nitrogens with one attached hydrogen (secondary N) is 3. The summed E-state index contributed by atoms with van der Waals surface area (Å²) in [6.07, 6.45) is 5.55. The molecular weight excluding hydrogens is 382 g/mol. The summed E-state index contributed by atoms with van der Waals surface area (Å²) in [7, 11) is 0. The van der Waals surface area contributed by atoms with Crippen LogP contribution in [0.25, 0.3) is 0 Å². The molecule has 0 aromatic carbocycles. The van der Waals surface area contributed by atoms with Gasteiger partial charge in [0, 0.05) is 54.5 Å². The number of rotatable bonds is 13. The maximum atomic E-state index is 12.1. The van der Waals surface area contributed by atoms with Gasteiger partial charge in [0.1, 0.15) is 5.78 Å². The van der Waals surface area contributed by atoms with E-state index in [1.807, 2.05) is 27.7 Å². The molecule has 7 heteroatoms. The van der Waals surface area contributed by atoms with Gasteiger partial charge in [-0.05, 0) is 44.4 Å². The van der Waals surface area contributed by atoms with Crippen molar-refractivity contribution in [3.8, 4) is 0 Å². The number of amides is 3. The van der Waals surface area contributed by atoms with E-state index in [1.165, 1.54) is 0 Å². The van der Waals surface area contributed by atoms with Crippen LogP contribution in [0.1, 0.15) is 89.8 Å². The molecule has 0 bridgehead atoms. The average Bonchev–Trinajstić information content (AvgIpc) is 2.69. The lowest BCUT2D eigenvalue weighted by Gasteiger charge is -2.29. The average molecular weight is 430 g/mol. The highest BCUT2D eigenvalue weighted by molar-refractivity contribution is 5.83. The minimum atomic E-state index is -0.0851. The van der Waals surface area contributed by atoms with E-state index in [2.05, 4.69) is 16.0 Å². The van der Waals surface area contributed by atoms with E-state index >= 15 is 0 Å². The van der Waals surface area contributed by atoms with Crippen LogP contribution in [0.3, 0.4) is 0 Å². The number of hydrogen-bond donors (Lipinski definition) is 3. The SMILES string of the molecule is CC(C)CNC(=O)CCCNC(=O)CCCC(=O)NC1CCC(C(=O)C(C)C)CC1.[HH].[HH].[HH]. The van der Waals surface area contributed by atoms with Crippen LogP contribution in [0.4, 0.5) is 0 Å². The van der Waals surface area contributed by atoms with Crippen molar-refractivity contribution < 1.29 is 23.5 Å². The van der Waals surface area contributed by atoms with Crippen molar-refractivity contribution in [2.75, 3.05) is 13.1 Å². The summed E-state index contributed by atoms with van der Waals surface area (Å²) >= 11 is 0. The zero-order valence-corrected chi connectivity index (χ0v) is 19.2. The number of carbonyl (C=O) groups is 4. The fourth-order valence-corrected chi connectivity index (χ4v) is 3.67.